The lowest BCUT2D eigenvalue weighted by molar-refractivity contribution is 0.104. The Balaban J connectivity index is 2.32. The van der Waals surface area contributed by atoms with E-state index in [1.54, 1.807) is 6.08 Å². The van der Waals surface area contributed by atoms with E-state index in [0.717, 1.165) is 33.4 Å². The summed E-state index contributed by atoms with van der Waals surface area (Å²) in [5, 5.41) is 0. The van der Waals surface area contributed by atoms with Crippen LogP contribution in [0.3, 0.4) is 0 Å². The van der Waals surface area contributed by atoms with E-state index in [-0.39, 0.29) is 5.78 Å². The van der Waals surface area contributed by atoms with Crippen LogP contribution in [0, 0.1) is 0 Å². The first-order chi connectivity index (χ1) is 9.26. The topological polar surface area (TPSA) is 17.1 Å². The van der Waals surface area contributed by atoms with Gasteiger partial charge in [0.05, 0.1) is 0 Å². The summed E-state index contributed by atoms with van der Waals surface area (Å²) in [5.74, 6) is 0.112. The quantitative estimate of drug-likeness (QED) is 0.647. The Morgan fingerprint density at radius 3 is 2.32 bits per heavy atom. The van der Waals surface area contributed by atoms with E-state index < -0.39 is 0 Å². The van der Waals surface area contributed by atoms with Crippen LogP contribution < -0.4 is 0 Å². The van der Waals surface area contributed by atoms with Crippen molar-refractivity contribution in [2.45, 2.75) is 6.92 Å². The molecule has 0 atom stereocenters. The van der Waals surface area contributed by atoms with Crippen LogP contribution >= 0.6 is 0 Å². The fraction of sp³-hybridized carbons (Fsp3) is 0.0556. The summed E-state index contributed by atoms with van der Waals surface area (Å²) in [5.41, 5.74) is 5.73. The molecule has 0 bridgehead atoms. The first kappa shape index (κ1) is 11.7. The fourth-order valence-corrected chi connectivity index (χ4v) is 2.61. The van der Waals surface area contributed by atoms with Crippen molar-refractivity contribution in [1.82, 2.24) is 0 Å². The summed E-state index contributed by atoms with van der Waals surface area (Å²) in [7, 11) is 0. The number of ketones is 1. The maximum absolute atomic E-state index is 12.4. The Morgan fingerprint density at radius 1 is 0.947 bits per heavy atom. The van der Waals surface area contributed by atoms with Crippen LogP contribution in [0.5, 0.6) is 0 Å². The third-order valence-electron chi connectivity index (χ3n) is 3.50. The van der Waals surface area contributed by atoms with Crippen LogP contribution in [0.1, 0.15) is 34.0 Å². The zero-order chi connectivity index (χ0) is 13.4. The molecule has 1 aliphatic rings. The number of rotatable bonds is 2. The molecule has 2 aromatic carbocycles. The van der Waals surface area contributed by atoms with E-state index in [1.165, 1.54) is 0 Å². The van der Waals surface area contributed by atoms with Crippen molar-refractivity contribution >= 4 is 17.9 Å². The van der Waals surface area contributed by atoms with Crippen LogP contribution in [0.4, 0.5) is 0 Å². The summed E-state index contributed by atoms with van der Waals surface area (Å²) in [6, 6.07) is 11.8. The standard InChI is InChI=1S/C18H14O/c1-3-7-13-11-16-14-8-5-6-9-15(14)18(19)17(16)10-12(13)4-2/h3-11H,2H2,1H3/b7-3-. The van der Waals surface area contributed by atoms with Gasteiger partial charge in [0.1, 0.15) is 0 Å². The van der Waals surface area contributed by atoms with E-state index in [9.17, 15) is 4.79 Å². The fourth-order valence-electron chi connectivity index (χ4n) is 2.61. The number of hydrogen-bond acceptors (Lipinski definition) is 1. The van der Waals surface area contributed by atoms with Gasteiger partial charge in [-0.25, -0.2) is 0 Å². The molecule has 0 aliphatic heterocycles. The van der Waals surface area contributed by atoms with Crippen molar-refractivity contribution in [1.29, 1.82) is 0 Å². The Hall–Kier alpha value is -2.41. The maximum atomic E-state index is 12.4. The van der Waals surface area contributed by atoms with E-state index in [4.69, 9.17) is 0 Å². The number of fused-ring (bicyclic) bond motifs is 3. The van der Waals surface area contributed by atoms with Gasteiger partial charge in [-0.3, -0.25) is 4.79 Å². The molecule has 2 aromatic rings. The molecule has 0 unspecified atom stereocenters. The molecular formula is C18H14O. The molecule has 0 radical (unpaired) electrons. The largest absolute Gasteiger partial charge is 0.289 e. The smallest absolute Gasteiger partial charge is 0.194 e. The van der Waals surface area contributed by atoms with Gasteiger partial charge in [-0.1, -0.05) is 49.1 Å². The summed E-state index contributed by atoms with van der Waals surface area (Å²) < 4.78 is 0. The molecule has 0 amide bonds. The Morgan fingerprint density at radius 2 is 1.63 bits per heavy atom. The molecule has 3 rings (SSSR count). The minimum atomic E-state index is 0.112. The highest BCUT2D eigenvalue weighted by Crippen LogP contribution is 2.38. The van der Waals surface area contributed by atoms with E-state index in [1.807, 2.05) is 49.4 Å². The highest BCUT2D eigenvalue weighted by Gasteiger charge is 2.26. The molecule has 1 heteroatoms. The molecular weight excluding hydrogens is 232 g/mol. The normalized spacial score (nSPS) is 12.6. The van der Waals surface area contributed by atoms with Gasteiger partial charge in [-0.2, -0.15) is 0 Å². The molecule has 0 saturated heterocycles. The minimum absolute atomic E-state index is 0.112. The van der Waals surface area contributed by atoms with Crippen molar-refractivity contribution in [3.05, 3.63) is 71.3 Å². The first-order valence-corrected chi connectivity index (χ1v) is 6.33. The van der Waals surface area contributed by atoms with Crippen LogP contribution in [-0.2, 0) is 0 Å². The summed E-state index contributed by atoms with van der Waals surface area (Å²) in [6.07, 6.45) is 5.84. The molecule has 19 heavy (non-hydrogen) atoms. The number of carbonyl (C=O) groups excluding carboxylic acids is 1. The van der Waals surface area contributed by atoms with E-state index >= 15 is 0 Å². The zero-order valence-corrected chi connectivity index (χ0v) is 10.8. The van der Waals surface area contributed by atoms with Gasteiger partial charge in [0.15, 0.2) is 5.78 Å². The average molecular weight is 246 g/mol. The zero-order valence-electron chi connectivity index (χ0n) is 10.8. The molecule has 0 N–H and O–H groups in total. The van der Waals surface area contributed by atoms with Gasteiger partial charge in [-0.15, -0.1) is 0 Å². The molecule has 1 nitrogen and oxygen atoms in total. The molecule has 0 spiro atoms. The van der Waals surface area contributed by atoms with Gasteiger partial charge in [0.25, 0.3) is 0 Å². The molecule has 0 aromatic heterocycles. The van der Waals surface area contributed by atoms with Crippen molar-refractivity contribution in [2.24, 2.45) is 0 Å². The van der Waals surface area contributed by atoms with Crippen molar-refractivity contribution in [3.8, 4) is 11.1 Å². The molecule has 0 fully saturated rings. The van der Waals surface area contributed by atoms with Crippen molar-refractivity contribution in [3.63, 3.8) is 0 Å². The van der Waals surface area contributed by atoms with Gasteiger partial charge in [0.2, 0.25) is 0 Å². The van der Waals surface area contributed by atoms with Crippen LogP contribution in [0.2, 0.25) is 0 Å². The van der Waals surface area contributed by atoms with E-state index in [0.29, 0.717) is 0 Å². The third kappa shape index (κ3) is 1.66. The highest BCUT2D eigenvalue weighted by molar-refractivity contribution is 6.22. The number of carbonyl (C=O) groups is 1. The van der Waals surface area contributed by atoms with Gasteiger partial charge < -0.3 is 0 Å². The number of benzene rings is 2. The second-order valence-electron chi connectivity index (χ2n) is 4.61. The molecule has 1 aliphatic carbocycles. The Kier molecular flexibility index (Phi) is 2.68. The second kappa shape index (κ2) is 4.36. The number of allylic oxidation sites excluding steroid dienone is 1. The SMILES string of the molecule is C=Cc1cc2c(cc1/C=C\C)-c1ccccc1C2=O. The minimum Gasteiger partial charge on any atom is -0.289 e. The Labute approximate surface area is 112 Å². The van der Waals surface area contributed by atoms with Crippen molar-refractivity contribution < 1.29 is 4.79 Å². The van der Waals surface area contributed by atoms with Gasteiger partial charge in [0, 0.05) is 11.1 Å². The number of hydrogen-bond donors (Lipinski definition) is 0. The van der Waals surface area contributed by atoms with Gasteiger partial charge >= 0.3 is 0 Å². The second-order valence-corrected chi connectivity index (χ2v) is 4.61. The predicted octanol–water partition coefficient (Wildman–Crippen LogP) is 4.57. The van der Waals surface area contributed by atoms with Crippen LogP contribution in [-0.4, -0.2) is 5.78 Å². The lowest BCUT2D eigenvalue weighted by Crippen LogP contribution is -1.96. The maximum Gasteiger partial charge on any atom is 0.194 e. The molecule has 92 valence electrons. The molecule has 0 heterocycles. The first-order valence-electron chi connectivity index (χ1n) is 6.33. The lowest BCUT2D eigenvalue weighted by Gasteiger charge is -2.06. The molecule has 0 saturated carbocycles. The summed E-state index contributed by atoms with van der Waals surface area (Å²) in [6.45, 7) is 5.81. The predicted molar refractivity (Wildman–Crippen MR) is 80.1 cm³/mol. The summed E-state index contributed by atoms with van der Waals surface area (Å²) >= 11 is 0. The van der Waals surface area contributed by atoms with Crippen LogP contribution in [0.25, 0.3) is 23.3 Å². The average Bonchev–Trinajstić information content (AvgIpc) is 2.72. The third-order valence-corrected chi connectivity index (χ3v) is 3.50. The van der Waals surface area contributed by atoms with Gasteiger partial charge in [-0.05, 0) is 41.3 Å². The summed E-state index contributed by atoms with van der Waals surface area (Å²) in [4.78, 5) is 12.4. The van der Waals surface area contributed by atoms with Crippen molar-refractivity contribution in [2.75, 3.05) is 0 Å². The van der Waals surface area contributed by atoms with E-state index in [2.05, 4.69) is 12.6 Å². The lowest BCUT2D eigenvalue weighted by atomic mass is 9.97. The Bertz CT molecular complexity index is 720. The van der Waals surface area contributed by atoms with Crippen LogP contribution in [0.15, 0.2) is 49.1 Å². The highest BCUT2D eigenvalue weighted by atomic mass is 16.1. The monoisotopic (exact) mass is 246 g/mol.